The van der Waals surface area contributed by atoms with Crippen molar-refractivity contribution in [2.24, 2.45) is 0 Å². The molecular weight excluding hydrogens is 777 g/mol. The topological polar surface area (TPSA) is 62.5 Å². The zero-order valence-electron chi connectivity index (χ0n) is 34.6. The summed E-state index contributed by atoms with van der Waals surface area (Å²) in [6, 6.07) is 78.6. The third-order valence-electron chi connectivity index (χ3n) is 12.5. The first-order valence-corrected chi connectivity index (χ1v) is 21.5. The molecule has 0 N–H and O–H groups in total. The fourth-order valence-electron chi connectivity index (χ4n) is 9.45. The van der Waals surface area contributed by atoms with Gasteiger partial charge in [-0.15, -0.1) is 0 Å². The van der Waals surface area contributed by atoms with Gasteiger partial charge in [0.1, 0.15) is 0 Å². The van der Waals surface area contributed by atoms with Gasteiger partial charge in [-0.25, -0.2) is 15.0 Å². The largest absolute Gasteiger partial charge is 0.208 e. The number of aromatic nitrogens is 3. The number of hydrogen-bond acceptors (Lipinski definition) is 4. The molecule has 1 heterocycles. The van der Waals surface area contributed by atoms with Crippen LogP contribution in [0.4, 0.5) is 0 Å². The van der Waals surface area contributed by atoms with Crippen LogP contribution in [-0.4, -0.2) is 15.0 Å². The van der Waals surface area contributed by atoms with Crippen LogP contribution in [0.15, 0.2) is 218 Å². The van der Waals surface area contributed by atoms with Gasteiger partial charge in [0.2, 0.25) is 0 Å². The van der Waals surface area contributed by atoms with E-state index in [1.807, 2.05) is 66.7 Å². The van der Waals surface area contributed by atoms with E-state index in [4.69, 9.17) is 15.0 Å². The SMILES string of the molecule is N#Cc1cc(-c2ccccc2-c2nc(-c3ccccc3)nc(-c3ccc4ccccc4c3)n2)ccc1-c1cccc(-c2cccc(-c3ccc4c5c(cccc35)-c3ccccc3-4)c2)c1. The normalized spacial score (nSPS) is 11.4. The van der Waals surface area contributed by atoms with E-state index in [-0.39, 0.29) is 0 Å². The summed E-state index contributed by atoms with van der Waals surface area (Å²) in [4.78, 5) is 15.2. The number of fused-ring (bicyclic) bond motifs is 4. The van der Waals surface area contributed by atoms with E-state index in [2.05, 4.69) is 158 Å². The van der Waals surface area contributed by atoms with Crippen LogP contribution in [0.2, 0.25) is 0 Å². The van der Waals surface area contributed by atoms with Crippen LogP contribution >= 0.6 is 0 Å². The molecule has 0 saturated heterocycles. The zero-order valence-corrected chi connectivity index (χ0v) is 34.6. The molecule has 0 spiro atoms. The predicted molar refractivity (Wildman–Crippen MR) is 262 cm³/mol. The van der Waals surface area contributed by atoms with Gasteiger partial charge in [0.15, 0.2) is 17.5 Å². The lowest BCUT2D eigenvalue weighted by molar-refractivity contribution is 1.07. The van der Waals surface area contributed by atoms with Crippen molar-refractivity contribution in [2.75, 3.05) is 0 Å². The Labute approximate surface area is 371 Å². The Morgan fingerprint density at radius 3 is 1.53 bits per heavy atom. The maximum Gasteiger partial charge on any atom is 0.164 e. The van der Waals surface area contributed by atoms with E-state index in [1.165, 1.54) is 44.2 Å². The molecule has 0 saturated carbocycles. The summed E-state index contributed by atoms with van der Waals surface area (Å²) in [7, 11) is 0. The highest BCUT2D eigenvalue weighted by molar-refractivity contribution is 6.18. The Bertz CT molecular complexity index is 3660. The molecule has 0 radical (unpaired) electrons. The average molecular weight is 813 g/mol. The van der Waals surface area contributed by atoms with Gasteiger partial charge in [0.05, 0.1) is 11.6 Å². The fourth-order valence-corrected chi connectivity index (χ4v) is 9.45. The first kappa shape index (κ1) is 37.0. The summed E-state index contributed by atoms with van der Waals surface area (Å²) in [6.07, 6.45) is 0. The third kappa shape index (κ3) is 6.35. The van der Waals surface area contributed by atoms with Crippen molar-refractivity contribution >= 4 is 21.5 Å². The number of rotatable bonds is 7. The molecule has 4 heteroatoms. The van der Waals surface area contributed by atoms with Crippen LogP contribution in [0, 0.1) is 11.3 Å². The standard InChI is InChI=1S/C60H36N4/c61-37-47-36-45(49-21-6-9-24-56(49)60-63-58(39-14-2-1-3-15-39)62-59(64-60)46-28-27-38-13-4-5-16-40(38)35-46)29-30-48(47)43-19-10-17-41(33-43)42-18-11-20-44(34-42)50-31-32-55-52-23-8-7-22-51(52)54-26-12-25-53(50)57(54)55/h1-36H. The highest BCUT2D eigenvalue weighted by Gasteiger charge is 2.23. The van der Waals surface area contributed by atoms with Gasteiger partial charge >= 0.3 is 0 Å². The van der Waals surface area contributed by atoms with E-state index in [0.29, 0.717) is 23.0 Å². The lowest BCUT2D eigenvalue weighted by Gasteiger charge is -2.14. The highest BCUT2D eigenvalue weighted by atomic mass is 15.0. The molecule has 11 aromatic rings. The third-order valence-corrected chi connectivity index (χ3v) is 12.5. The molecule has 0 bridgehead atoms. The van der Waals surface area contributed by atoms with Crippen molar-refractivity contribution in [3.63, 3.8) is 0 Å². The minimum absolute atomic E-state index is 0.562. The number of benzene rings is 10. The lowest BCUT2D eigenvalue weighted by atomic mass is 9.90. The van der Waals surface area contributed by atoms with Crippen LogP contribution in [-0.2, 0) is 0 Å². The van der Waals surface area contributed by atoms with Crippen molar-refractivity contribution in [1.82, 2.24) is 15.0 Å². The number of nitrogens with zero attached hydrogens (tertiary/aromatic N) is 4. The summed E-state index contributed by atoms with van der Waals surface area (Å²) in [6.45, 7) is 0. The molecule has 0 amide bonds. The Morgan fingerprint density at radius 1 is 0.281 bits per heavy atom. The molecule has 12 rings (SSSR count). The van der Waals surface area contributed by atoms with Gasteiger partial charge in [-0.3, -0.25) is 0 Å². The predicted octanol–water partition coefficient (Wildman–Crippen LogP) is 15.4. The van der Waals surface area contributed by atoms with Gasteiger partial charge in [0.25, 0.3) is 0 Å². The zero-order chi connectivity index (χ0) is 42.6. The van der Waals surface area contributed by atoms with E-state index >= 15 is 0 Å². The van der Waals surface area contributed by atoms with Crippen molar-refractivity contribution in [2.45, 2.75) is 0 Å². The Hall–Kier alpha value is -8.78. The number of hydrogen-bond donors (Lipinski definition) is 0. The Morgan fingerprint density at radius 2 is 0.781 bits per heavy atom. The fraction of sp³-hybridized carbons (Fsp3) is 0. The van der Waals surface area contributed by atoms with Crippen LogP contribution in [0.1, 0.15) is 5.56 Å². The first-order chi connectivity index (χ1) is 31.7. The van der Waals surface area contributed by atoms with Crippen LogP contribution < -0.4 is 0 Å². The summed E-state index contributed by atoms with van der Waals surface area (Å²) in [5.41, 5.74) is 16.7. The van der Waals surface area contributed by atoms with E-state index < -0.39 is 0 Å². The van der Waals surface area contributed by atoms with Crippen molar-refractivity contribution in [3.05, 3.63) is 224 Å². The molecule has 1 aliphatic carbocycles. The molecule has 0 fully saturated rings. The van der Waals surface area contributed by atoms with Gasteiger partial charge in [-0.1, -0.05) is 194 Å². The first-order valence-electron chi connectivity index (χ1n) is 21.5. The molecule has 1 aromatic heterocycles. The van der Waals surface area contributed by atoms with Gasteiger partial charge < -0.3 is 0 Å². The minimum atomic E-state index is 0.562. The molecule has 4 nitrogen and oxygen atoms in total. The smallest absolute Gasteiger partial charge is 0.164 e. The second-order valence-electron chi connectivity index (χ2n) is 16.2. The van der Waals surface area contributed by atoms with E-state index in [9.17, 15) is 5.26 Å². The molecule has 0 unspecified atom stereocenters. The molecule has 0 aliphatic heterocycles. The van der Waals surface area contributed by atoms with Crippen molar-refractivity contribution in [3.8, 4) is 107 Å². The Balaban J connectivity index is 0.905. The van der Waals surface area contributed by atoms with Gasteiger partial charge in [0, 0.05) is 16.7 Å². The van der Waals surface area contributed by atoms with E-state index in [0.717, 1.165) is 60.8 Å². The Kier molecular flexibility index (Phi) is 8.84. The number of nitriles is 1. The average Bonchev–Trinajstić information content (AvgIpc) is 3.70. The molecule has 296 valence electrons. The quantitative estimate of drug-likeness (QED) is 0.161. The van der Waals surface area contributed by atoms with Gasteiger partial charge in [-0.05, 0) is 113 Å². The monoisotopic (exact) mass is 812 g/mol. The maximum atomic E-state index is 10.7. The second kappa shape index (κ2) is 15.3. The highest BCUT2D eigenvalue weighted by Crippen LogP contribution is 2.49. The minimum Gasteiger partial charge on any atom is -0.208 e. The van der Waals surface area contributed by atoms with E-state index in [1.54, 1.807) is 0 Å². The maximum absolute atomic E-state index is 10.7. The summed E-state index contributed by atoms with van der Waals surface area (Å²) in [5, 5.41) is 15.5. The van der Waals surface area contributed by atoms with Crippen molar-refractivity contribution < 1.29 is 0 Å². The molecule has 10 aromatic carbocycles. The summed E-state index contributed by atoms with van der Waals surface area (Å²) in [5.74, 6) is 1.75. The lowest BCUT2D eigenvalue weighted by Crippen LogP contribution is -2.01. The van der Waals surface area contributed by atoms with Crippen LogP contribution in [0.5, 0.6) is 0 Å². The van der Waals surface area contributed by atoms with Gasteiger partial charge in [-0.2, -0.15) is 5.26 Å². The molecule has 1 aliphatic rings. The molecule has 64 heavy (non-hydrogen) atoms. The molecular formula is C60H36N4. The molecule has 0 atom stereocenters. The summed E-state index contributed by atoms with van der Waals surface area (Å²) >= 11 is 0. The van der Waals surface area contributed by atoms with Crippen molar-refractivity contribution in [1.29, 1.82) is 5.26 Å². The summed E-state index contributed by atoms with van der Waals surface area (Å²) < 4.78 is 0. The second-order valence-corrected chi connectivity index (χ2v) is 16.2. The van der Waals surface area contributed by atoms with Crippen LogP contribution in [0.25, 0.3) is 122 Å². The van der Waals surface area contributed by atoms with Crippen LogP contribution in [0.3, 0.4) is 0 Å².